The molecule has 3 aromatic rings. The predicted molar refractivity (Wildman–Crippen MR) is 104 cm³/mol. The van der Waals surface area contributed by atoms with Crippen molar-refractivity contribution in [2.24, 2.45) is 11.8 Å². The first-order chi connectivity index (χ1) is 13.1. The van der Waals surface area contributed by atoms with E-state index in [0.29, 0.717) is 12.3 Å². The maximum atomic E-state index is 12.7. The van der Waals surface area contributed by atoms with E-state index >= 15 is 0 Å². The minimum absolute atomic E-state index is 0.0964. The molecule has 140 valence electrons. The van der Waals surface area contributed by atoms with Gasteiger partial charge in [0.2, 0.25) is 0 Å². The van der Waals surface area contributed by atoms with Gasteiger partial charge in [0.15, 0.2) is 0 Å². The van der Waals surface area contributed by atoms with Crippen LogP contribution in [0.4, 0.5) is 0 Å². The zero-order chi connectivity index (χ0) is 18.8. The van der Waals surface area contributed by atoms with Crippen LogP contribution in [0, 0.1) is 18.8 Å². The molecule has 0 spiro atoms. The SMILES string of the molecule is Cc1nnc(-c2cnc3cnc(CC(=O)C4CCC(CO)CC4)cc3c2)s1. The van der Waals surface area contributed by atoms with Crippen LogP contribution < -0.4 is 0 Å². The van der Waals surface area contributed by atoms with Gasteiger partial charge in [0.1, 0.15) is 15.8 Å². The number of aromatic nitrogens is 4. The van der Waals surface area contributed by atoms with Crippen molar-refractivity contribution in [3.63, 3.8) is 0 Å². The number of pyridine rings is 2. The molecule has 1 fully saturated rings. The normalized spacial score (nSPS) is 20.1. The molecule has 0 amide bonds. The predicted octanol–water partition coefficient (Wildman–Crippen LogP) is 3.37. The van der Waals surface area contributed by atoms with Crippen molar-refractivity contribution in [2.75, 3.05) is 6.61 Å². The van der Waals surface area contributed by atoms with E-state index in [1.807, 2.05) is 19.1 Å². The van der Waals surface area contributed by atoms with Gasteiger partial charge in [0.05, 0.1) is 11.7 Å². The number of rotatable bonds is 5. The van der Waals surface area contributed by atoms with Crippen LogP contribution in [-0.4, -0.2) is 37.7 Å². The fourth-order valence-electron chi connectivity index (χ4n) is 3.69. The van der Waals surface area contributed by atoms with Gasteiger partial charge in [-0.15, -0.1) is 10.2 Å². The third kappa shape index (κ3) is 4.04. The van der Waals surface area contributed by atoms with Crippen molar-refractivity contribution in [3.05, 3.63) is 35.2 Å². The van der Waals surface area contributed by atoms with Crippen molar-refractivity contribution in [2.45, 2.75) is 39.0 Å². The van der Waals surface area contributed by atoms with Crippen LogP contribution in [0.5, 0.6) is 0 Å². The summed E-state index contributed by atoms with van der Waals surface area (Å²) in [6.45, 7) is 2.16. The Hall–Kier alpha value is -2.25. The van der Waals surface area contributed by atoms with E-state index in [1.54, 1.807) is 12.4 Å². The van der Waals surface area contributed by atoms with Gasteiger partial charge in [-0.05, 0) is 50.7 Å². The van der Waals surface area contributed by atoms with Gasteiger partial charge < -0.3 is 5.11 Å². The molecule has 1 aliphatic rings. The molecule has 0 aliphatic heterocycles. The number of carbonyl (C=O) groups is 1. The minimum Gasteiger partial charge on any atom is -0.396 e. The van der Waals surface area contributed by atoms with Crippen molar-refractivity contribution in [1.29, 1.82) is 0 Å². The maximum absolute atomic E-state index is 12.7. The lowest BCUT2D eigenvalue weighted by molar-refractivity contribution is -0.123. The Morgan fingerprint density at radius 2 is 1.96 bits per heavy atom. The minimum atomic E-state index is 0.0964. The Labute approximate surface area is 161 Å². The lowest BCUT2D eigenvalue weighted by Crippen LogP contribution is -2.24. The highest BCUT2D eigenvalue weighted by atomic mass is 32.1. The van der Waals surface area contributed by atoms with Gasteiger partial charge in [0, 0.05) is 41.8 Å². The Kier molecular flexibility index (Phi) is 5.22. The van der Waals surface area contributed by atoms with Gasteiger partial charge >= 0.3 is 0 Å². The van der Waals surface area contributed by atoms with Crippen LogP contribution in [0.3, 0.4) is 0 Å². The number of carbonyl (C=O) groups excluding carboxylic acids is 1. The van der Waals surface area contributed by atoms with E-state index in [0.717, 1.165) is 57.9 Å². The number of aliphatic hydroxyl groups excluding tert-OH is 1. The number of Topliss-reactive ketones (excluding diaryl/α,β-unsaturated/α-hetero) is 1. The molecule has 27 heavy (non-hydrogen) atoms. The molecular formula is C20H22N4O2S. The number of hydrogen-bond acceptors (Lipinski definition) is 7. The van der Waals surface area contributed by atoms with Crippen LogP contribution in [0.15, 0.2) is 24.5 Å². The second kappa shape index (κ2) is 7.78. The molecule has 3 heterocycles. The first-order valence-corrected chi connectivity index (χ1v) is 10.1. The number of hydrogen-bond donors (Lipinski definition) is 1. The number of fused-ring (bicyclic) bond motifs is 1. The van der Waals surface area contributed by atoms with Crippen molar-refractivity contribution < 1.29 is 9.90 Å². The molecule has 3 aromatic heterocycles. The summed E-state index contributed by atoms with van der Waals surface area (Å²) in [7, 11) is 0. The van der Waals surface area contributed by atoms with Crippen LogP contribution >= 0.6 is 11.3 Å². The van der Waals surface area contributed by atoms with Crippen molar-refractivity contribution in [1.82, 2.24) is 20.2 Å². The first-order valence-electron chi connectivity index (χ1n) is 9.31. The van der Waals surface area contributed by atoms with Crippen LogP contribution in [0.1, 0.15) is 36.4 Å². The molecule has 0 unspecified atom stereocenters. The van der Waals surface area contributed by atoms with E-state index in [9.17, 15) is 9.90 Å². The largest absolute Gasteiger partial charge is 0.396 e. The summed E-state index contributed by atoms with van der Waals surface area (Å²) in [4.78, 5) is 21.5. The maximum Gasteiger partial charge on any atom is 0.149 e. The average molecular weight is 382 g/mol. The summed E-state index contributed by atoms with van der Waals surface area (Å²) in [6.07, 6.45) is 7.50. The van der Waals surface area contributed by atoms with Crippen LogP contribution in [-0.2, 0) is 11.2 Å². The summed E-state index contributed by atoms with van der Waals surface area (Å²) in [6, 6.07) is 3.99. The van der Waals surface area contributed by atoms with Crippen LogP contribution in [0.2, 0.25) is 0 Å². The number of aryl methyl sites for hydroxylation is 1. The summed E-state index contributed by atoms with van der Waals surface area (Å²) in [5.41, 5.74) is 2.52. The summed E-state index contributed by atoms with van der Waals surface area (Å²) < 4.78 is 0. The van der Waals surface area contributed by atoms with E-state index < -0.39 is 0 Å². The Morgan fingerprint density at radius 1 is 1.15 bits per heavy atom. The lowest BCUT2D eigenvalue weighted by atomic mass is 9.79. The average Bonchev–Trinajstić information content (AvgIpc) is 3.14. The highest BCUT2D eigenvalue weighted by Gasteiger charge is 2.26. The quantitative estimate of drug-likeness (QED) is 0.728. The highest BCUT2D eigenvalue weighted by Crippen LogP contribution is 2.30. The molecule has 1 saturated carbocycles. The molecule has 0 atom stereocenters. The second-order valence-electron chi connectivity index (χ2n) is 7.26. The van der Waals surface area contributed by atoms with Gasteiger partial charge in [0.25, 0.3) is 0 Å². The summed E-state index contributed by atoms with van der Waals surface area (Å²) >= 11 is 1.54. The van der Waals surface area contributed by atoms with E-state index in [1.165, 1.54) is 11.3 Å². The Morgan fingerprint density at radius 3 is 2.67 bits per heavy atom. The van der Waals surface area contributed by atoms with Crippen LogP contribution in [0.25, 0.3) is 21.5 Å². The van der Waals surface area contributed by atoms with Gasteiger partial charge in [-0.25, -0.2) is 0 Å². The molecule has 7 heteroatoms. The topological polar surface area (TPSA) is 88.9 Å². The third-order valence-electron chi connectivity index (χ3n) is 5.31. The fraction of sp³-hybridized carbons (Fsp3) is 0.450. The zero-order valence-corrected chi connectivity index (χ0v) is 16.1. The molecule has 0 saturated heterocycles. The van der Waals surface area contributed by atoms with Crippen molar-refractivity contribution >= 4 is 28.0 Å². The first kappa shape index (κ1) is 18.1. The molecule has 0 radical (unpaired) electrons. The summed E-state index contributed by atoms with van der Waals surface area (Å²) in [5, 5.41) is 20.2. The molecule has 0 bridgehead atoms. The third-order valence-corrected chi connectivity index (χ3v) is 6.20. The van der Waals surface area contributed by atoms with E-state index in [-0.39, 0.29) is 18.3 Å². The molecule has 4 rings (SSSR count). The zero-order valence-electron chi connectivity index (χ0n) is 15.3. The van der Waals surface area contributed by atoms with Gasteiger partial charge in [-0.3, -0.25) is 14.8 Å². The summed E-state index contributed by atoms with van der Waals surface area (Å²) in [5.74, 6) is 0.711. The monoisotopic (exact) mass is 382 g/mol. The molecule has 6 nitrogen and oxygen atoms in total. The number of ketones is 1. The molecule has 1 N–H and O–H groups in total. The standard InChI is InChI=1S/C20H22N4O2S/c1-12-23-24-20(27-12)16-6-15-7-17(21-10-18(15)22-9-16)8-19(26)14-4-2-13(11-25)3-5-14/h6-7,9-10,13-14,25H,2-5,8,11H2,1H3. The smallest absolute Gasteiger partial charge is 0.149 e. The number of nitrogens with zero attached hydrogens (tertiary/aromatic N) is 4. The molecular weight excluding hydrogens is 360 g/mol. The number of aliphatic hydroxyl groups is 1. The van der Waals surface area contributed by atoms with E-state index in [4.69, 9.17) is 0 Å². The molecule has 1 aliphatic carbocycles. The second-order valence-corrected chi connectivity index (χ2v) is 8.44. The van der Waals surface area contributed by atoms with Gasteiger partial charge in [-0.2, -0.15) is 0 Å². The Bertz CT molecular complexity index is 964. The lowest BCUT2D eigenvalue weighted by Gasteiger charge is -2.26. The highest BCUT2D eigenvalue weighted by molar-refractivity contribution is 7.14. The van der Waals surface area contributed by atoms with E-state index in [2.05, 4.69) is 20.2 Å². The van der Waals surface area contributed by atoms with Crippen molar-refractivity contribution in [3.8, 4) is 10.6 Å². The fourth-order valence-corrected chi connectivity index (χ4v) is 4.37. The molecule has 0 aromatic carbocycles. The Balaban J connectivity index is 1.51. The van der Waals surface area contributed by atoms with Gasteiger partial charge in [-0.1, -0.05) is 11.3 Å².